The van der Waals surface area contributed by atoms with Gasteiger partial charge in [0.05, 0.1) is 16.7 Å². The van der Waals surface area contributed by atoms with E-state index in [1.54, 1.807) is 42.5 Å². The molecule has 0 saturated heterocycles. The zero-order valence-electron chi connectivity index (χ0n) is 19.8. The zero-order chi connectivity index (χ0) is 25.9. The Hall–Kier alpha value is -3.93. The van der Waals surface area contributed by atoms with Crippen LogP contribution in [0.4, 0.5) is 5.69 Å². The molecule has 2 heterocycles. The van der Waals surface area contributed by atoms with Crippen LogP contribution in [-0.2, 0) is 10.0 Å². The Morgan fingerprint density at radius 1 is 1.08 bits per heavy atom. The van der Waals surface area contributed by atoms with Crippen molar-refractivity contribution in [1.29, 1.82) is 0 Å². The average Bonchev–Trinajstić information content (AvgIpc) is 3.28. The number of nitrogens with two attached hydrogens (primary N) is 1. The fourth-order valence-electron chi connectivity index (χ4n) is 3.66. The van der Waals surface area contributed by atoms with Gasteiger partial charge in [-0.1, -0.05) is 6.07 Å². The van der Waals surface area contributed by atoms with E-state index in [9.17, 15) is 18.0 Å². The number of hydrogen-bond acceptors (Lipinski definition) is 6. The molecular weight excluding hydrogens is 482 g/mol. The Kier molecular flexibility index (Phi) is 7.25. The number of amides is 1. The predicted octanol–water partition coefficient (Wildman–Crippen LogP) is 2.60. The number of nitrogens with one attached hydrogen (secondary N) is 3. The van der Waals surface area contributed by atoms with Crippen molar-refractivity contribution in [2.75, 3.05) is 18.4 Å². The van der Waals surface area contributed by atoms with E-state index in [4.69, 9.17) is 10.5 Å². The molecule has 0 fully saturated rings. The van der Waals surface area contributed by atoms with Crippen LogP contribution in [0.2, 0.25) is 0 Å². The molecule has 2 aromatic carbocycles. The van der Waals surface area contributed by atoms with Crippen molar-refractivity contribution in [3.63, 3.8) is 0 Å². The molecule has 0 aliphatic rings. The summed E-state index contributed by atoms with van der Waals surface area (Å²) in [5.74, 6) is 0.193. The maximum absolute atomic E-state index is 13.0. The highest BCUT2D eigenvalue weighted by Crippen LogP contribution is 2.22. The Morgan fingerprint density at radius 3 is 2.53 bits per heavy atom. The Labute approximate surface area is 208 Å². The number of anilines is 1. The van der Waals surface area contributed by atoms with E-state index in [1.165, 1.54) is 28.8 Å². The molecule has 0 bridgehead atoms. The first-order valence-corrected chi connectivity index (χ1v) is 12.8. The molecule has 0 spiro atoms. The monoisotopic (exact) mass is 509 g/mol. The van der Waals surface area contributed by atoms with E-state index < -0.39 is 15.9 Å². The molecule has 0 unspecified atom stereocenters. The number of aromatic nitrogens is 2. The smallest absolute Gasteiger partial charge is 0.272 e. The maximum Gasteiger partial charge on any atom is 0.272 e. The normalized spacial score (nSPS) is 11.7. The van der Waals surface area contributed by atoms with Gasteiger partial charge in [0.1, 0.15) is 17.1 Å². The highest BCUT2D eigenvalue weighted by atomic mass is 32.2. The minimum absolute atomic E-state index is 0.00382. The van der Waals surface area contributed by atoms with Gasteiger partial charge in [-0.15, -0.1) is 0 Å². The third-order valence-electron chi connectivity index (χ3n) is 5.23. The number of rotatable bonds is 9. The number of H-pyrrole nitrogens is 1. The molecule has 0 atom stereocenters. The van der Waals surface area contributed by atoms with Crippen molar-refractivity contribution in [3.05, 3.63) is 82.8 Å². The van der Waals surface area contributed by atoms with Crippen molar-refractivity contribution in [3.8, 4) is 11.4 Å². The predicted molar refractivity (Wildman–Crippen MR) is 138 cm³/mol. The molecule has 1 amide bonds. The molecule has 11 heteroatoms. The summed E-state index contributed by atoms with van der Waals surface area (Å²) in [5.41, 5.74) is 6.67. The SMILES string of the molecule is CC(C)Oc1ccc(-n2c(=O)ccc3cc(C(=O)Nc4cccc(S(=O)(=O)NCCN)c4)[nH]c32)cc1. The molecule has 188 valence electrons. The summed E-state index contributed by atoms with van der Waals surface area (Å²) in [6, 6.07) is 17.7. The zero-order valence-corrected chi connectivity index (χ0v) is 20.6. The van der Waals surface area contributed by atoms with Gasteiger partial charge in [0.25, 0.3) is 11.5 Å². The van der Waals surface area contributed by atoms with E-state index in [-0.39, 0.29) is 35.3 Å². The highest BCUT2D eigenvalue weighted by molar-refractivity contribution is 7.89. The molecule has 0 aliphatic carbocycles. The van der Waals surface area contributed by atoms with E-state index in [1.807, 2.05) is 13.8 Å². The van der Waals surface area contributed by atoms with Gasteiger partial charge in [-0.2, -0.15) is 0 Å². The third kappa shape index (κ3) is 5.48. The number of sulfonamides is 1. The second kappa shape index (κ2) is 10.4. The summed E-state index contributed by atoms with van der Waals surface area (Å²) in [6.45, 7) is 4.12. The first kappa shape index (κ1) is 25.2. The van der Waals surface area contributed by atoms with Crippen LogP contribution in [0, 0.1) is 0 Å². The lowest BCUT2D eigenvalue weighted by Gasteiger charge is -2.11. The van der Waals surface area contributed by atoms with E-state index in [0.717, 1.165) is 0 Å². The number of pyridine rings is 1. The molecule has 4 aromatic rings. The summed E-state index contributed by atoms with van der Waals surface area (Å²) in [6.07, 6.45) is 0.0227. The number of nitrogens with zero attached hydrogens (tertiary/aromatic N) is 1. The maximum atomic E-state index is 13.0. The second-order valence-corrected chi connectivity index (χ2v) is 10.1. The first-order valence-electron chi connectivity index (χ1n) is 11.3. The van der Waals surface area contributed by atoms with Crippen LogP contribution in [-0.4, -0.2) is 43.1 Å². The minimum atomic E-state index is -3.75. The number of benzene rings is 2. The molecule has 10 nitrogen and oxygen atoms in total. The Morgan fingerprint density at radius 2 is 1.83 bits per heavy atom. The van der Waals surface area contributed by atoms with Crippen LogP contribution in [0.15, 0.2) is 76.4 Å². The number of aromatic amines is 1. The van der Waals surface area contributed by atoms with Crippen LogP contribution in [0.5, 0.6) is 5.75 Å². The quantitative estimate of drug-likeness (QED) is 0.273. The lowest BCUT2D eigenvalue weighted by atomic mass is 10.2. The third-order valence-corrected chi connectivity index (χ3v) is 6.68. The second-order valence-electron chi connectivity index (χ2n) is 8.32. The summed E-state index contributed by atoms with van der Waals surface area (Å²) in [5, 5.41) is 3.35. The van der Waals surface area contributed by atoms with E-state index >= 15 is 0 Å². The minimum Gasteiger partial charge on any atom is -0.491 e. The lowest BCUT2D eigenvalue weighted by Crippen LogP contribution is -2.29. The fraction of sp³-hybridized carbons (Fsp3) is 0.200. The van der Waals surface area contributed by atoms with Gasteiger partial charge in [-0.05, 0) is 68.4 Å². The van der Waals surface area contributed by atoms with Crippen LogP contribution < -0.4 is 26.1 Å². The summed E-state index contributed by atoms with van der Waals surface area (Å²) < 4.78 is 34.3. The number of carbonyl (C=O) groups excluding carboxylic acids is 1. The molecule has 2 aromatic heterocycles. The number of ether oxygens (including phenoxy) is 1. The van der Waals surface area contributed by atoms with Crippen LogP contribution in [0.3, 0.4) is 0 Å². The van der Waals surface area contributed by atoms with Crippen molar-refractivity contribution in [2.24, 2.45) is 5.73 Å². The summed E-state index contributed by atoms with van der Waals surface area (Å²) in [7, 11) is -3.75. The summed E-state index contributed by atoms with van der Waals surface area (Å²) in [4.78, 5) is 28.7. The number of hydrogen-bond donors (Lipinski definition) is 4. The van der Waals surface area contributed by atoms with Crippen molar-refractivity contribution < 1.29 is 17.9 Å². The molecule has 0 radical (unpaired) electrons. The number of carbonyl (C=O) groups is 1. The van der Waals surface area contributed by atoms with Gasteiger partial charge in [0.2, 0.25) is 10.0 Å². The number of fused-ring (bicyclic) bond motifs is 1. The topological polar surface area (TPSA) is 148 Å². The molecule has 4 rings (SSSR count). The van der Waals surface area contributed by atoms with E-state index in [2.05, 4.69) is 15.0 Å². The average molecular weight is 510 g/mol. The molecule has 0 saturated carbocycles. The van der Waals surface area contributed by atoms with Crippen molar-refractivity contribution in [1.82, 2.24) is 14.3 Å². The summed E-state index contributed by atoms with van der Waals surface area (Å²) >= 11 is 0. The van der Waals surface area contributed by atoms with Gasteiger partial charge >= 0.3 is 0 Å². The lowest BCUT2D eigenvalue weighted by molar-refractivity contribution is 0.102. The Balaban J connectivity index is 1.62. The fourth-order valence-corrected chi connectivity index (χ4v) is 4.75. The van der Waals surface area contributed by atoms with Crippen molar-refractivity contribution in [2.45, 2.75) is 24.8 Å². The van der Waals surface area contributed by atoms with Crippen LogP contribution >= 0.6 is 0 Å². The standard InChI is InChI=1S/C25H27N5O5S/c1-16(2)35-20-9-7-19(8-10-20)30-23(31)11-6-17-14-22(29-24(17)30)25(32)28-18-4-3-5-21(15-18)36(33,34)27-13-12-26/h3-11,14-16,27,29H,12-13,26H2,1-2H3,(H,28,32). The van der Waals surface area contributed by atoms with Gasteiger partial charge in [-0.25, -0.2) is 13.1 Å². The van der Waals surface area contributed by atoms with Gasteiger partial charge < -0.3 is 20.8 Å². The van der Waals surface area contributed by atoms with Gasteiger partial charge in [-0.3, -0.25) is 14.2 Å². The highest BCUT2D eigenvalue weighted by Gasteiger charge is 2.17. The van der Waals surface area contributed by atoms with Gasteiger partial charge in [0.15, 0.2) is 0 Å². The van der Waals surface area contributed by atoms with Crippen LogP contribution in [0.1, 0.15) is 24.3 Å². The molecular formula is C25H27N5O5S. The largest absolute Gasteiger partial charge is 0.491 e. The molecule has 5 N–H and O–H groups in total. The van der Waals surface area contributed by atoms with Gasteiger partial charge in [0, 0.05) is 30.2 Å². The molecule has 0 aliphatic heterocycles. The first-order chi connectivity index (χ1) is 17.2. The molecule has 36 heavy (non-hydrogen) atoms. The van der Waals surface area contributed by atoms with Crippen molar-refractivity contribution >= 4 is 32.7 Å². The Bertz CT molecular complexity index is 1560. The van der Waals surface area contributed by atoms with Crippen LogP contribution in [0.25, 0.3) is 16.7 Å². The van der Waals surface area contributed by atoms with E-state index in [0.29, 0.717) is 28.2 Å².